The Labute approximate surface area is 115 Å². The van der Waals surface area contributed by atoms with Gasteiger partial charge in [-0.2, -0.15) is 0 Å². The van der Waals surface area contributed by atoms with Crippen molar-refractivity contribution in [3.05, 3.63) is 23.8 Å². The zero-order valence-electron chi connectivity index (χ0n) is 11.5. The molecule has 19 heavy (non-hydrogen) atoms. The fraction of sp³-hybridized carbons (Fsp3) is 0.571. The summed E-state index contributed by atoms with van der Waals surface area (Å²) in [5, 5.41) is 8.65. The highest BCUT2D eigenvalue weighted by atomic mass is 32.2. The van der Waals surface area contributed by atoms with Crippen LogP contribution >= 0.6 is 0 Å². The first kappa shape index (κ1) is 14.3. The van der Waals surface area contributed by atoms with Crippen LogP contribution in [0.1, 0.15) is 38.2 Å². The predicted molar refractivity (Wildman–Crippen MR) is 77.6 cm³/mol. The first-order chi connectivity index (χ1) is 8.90. The molecule has 0 radical (unpaired) electrons. The minimum absolute atomic E-state index is 0.211. The van der Waals surface area contributed by atoms with Gasteiger partial charge >= 0.3 is 0 Å². The van der Waals surface area contributed by atoms with Crippen LogP contribution in [0.2, 0.25) is 0 Å². The van der Waals surface area contributed by atoms with Crippen LogP contribution in [0.3, 0.4) is 0 Å². The Bertz CT molecular complexity index is 555. The molecule has 1 fully saturated rings. The van der Waals surface area contributed by atoms with Gasteiger partial charge in [0.25, 0.3) is 0 Å². The maximum Gasteiger partial charge on any atom is 0.238 e. The minimum atomic E-state index is -3.65. The summed E-state index contributed by atoms with van der Waals surface area (Å²) in [5.41, 5.74) is 1.53. The summed E-state index contributed by atoms with van der Waals surface area (Å²) in [7, 11) is -3.65. The average molecular weight is 282 g/mol. The van der Waals surface area contributed by atoms with Crippen molar-refractivity contribution in [1.82, 2.24) is 0 Å². The van der Waals surface area contributed by atoms with E-state index >= 15 is 0 Å². The first-order valence-electron chi connectivity index (χ1n) is 6.80. The van der Waals surface area contributed by atoms with E-state index in [2.05, 4.69) is 12.2 Å². The molecule has 2 unspecified atom stereocenters. The van der Waals surface area contributed by atoms with E-state index < -0.39 is 10.0 Å². The summed E-state index contributed by atoms with van der Waals surface area (Å²) in [6.45, 7) is 3.98. The summed E-state index contributed by atoms with van der Waals surface area (Å²) >= 11 is 0. The van der Waals surface area contributed by atoms with Gasteiger partial charge in [0.1, 0.15) is 0 Å². The number of rotatable bonds is 4. The fourth-order valence-electron chi connectivity index (χ4n) is 2.81. The molecule has 0 saturated heterocycles. The highest BCUT2D eigenvalue weighted by Crippen LogP contribution is 2.30. The third-order valence-electron chi connectivity index (χ3n) is 3.98. The van der Waals surface area contributed by atoms with Crippen molar-refractivity contribution in [2.24, 2.45) is 11.1 Å². The van der Waals surface area contributed by atoms with Crippen molar-refractivity contribution in [2.75, 3.05) is 5.32 Å². The molecule has 0 amide bonds. The maximum atomic E-state index is 11.5. The van der Waals surface area contributed by atoms with Gasteiger partial charge < -0.3 is 5.32 Å². The number of anilines is 1. The maximum absolute atomic E-state index is 11.5. The van der Waals surface area contributed by atoms with E-state index in [1.807, 2.05) is 6.07 Å². The van der Waals surface area contributed by atoms with Gasteiger partial charge in [0.15, 0.2) is 0 Å². The number of primary sulfonamides is 1. The molecule has 1 saturated carbocycles. The van der Waals surface area contributed by atoms with E-state index in [4.69, 9.17) is 5.14 Å². The van der Waals surface area contributed by atoms with E-state index in [1.165, 1.54) is 12.8 Å². The molecular formula is C14H22N2O2S. The molecule has 106 valence electrons. The van der Waals surface area contributed by atoms with Crippen molar-refractivity contribution in [2.45, 2.75) is 50.5 Å². The van der Waals surface area contributed by atoms with E-state index in [0.29, 0.717) is 11.6 Å². The van der Waals surface area contributed by atoms with Crippen molar-refractivity contribution < 1.29 is 8.42 Å². The minimum Gasteiger partial charge on any atom is -0.382 e. The highest BCUT2D eigenvalue weighted by Gasteiger charge is 2.23. The Balaban J connectivity index is 2.14. The van der Waals surface area contributed by atoms with Gasteiger partial charge in [0, 0.05) is 11.7 Å². The van der Waals surface area contributed by atoms with Crippen LogP contribution in [0.4, 0.5) is 5.69 Å². The number of aryl methyl sites for hydroxylation is 1. The largest absolute Gasteiger partial charge is 0.382 e. The third kappa shape index (κ3) is 3.48. The number of sulfonamides is 1. The number of hydrogen-bond acceptors (Lipinski definition) is 3. The predicted octanol–water partition coefficient (Wildman–Crippen LogP) is 2.63. The quantitative estimate of drug-likeness (QED) is 0.891. The first-order valence-corrected chi connectivity index (χ1v) is 8.34. The molecule has 0 bridgehead atoms. The zero-order valence-corrected chi connectivity index (χ0v) is 12.3. The van der Waals surface area contributed by atoms with Crippen LogP contribution in [0.15, 0.2) is 23.1 Å². The molecule has 5 heteroatoms. The molecule has 2 rings (SSSR count). The summed E-state index contributed by atoms with van der Waals surface area (Å²) in [5.74, 6) is 0.792. The van der Waals surface area contributed by atoms with Crippen molar-refractivity contribution in [3.8, 4) is 0 Å². The van der Waals surface area contributed by atoms with Crippen LogP contribution in [0, 0.1) is 12.8 Å². The molecule has 1 aliphatic carbocycles. The Morgan fingerprint density at radius 1 is 1.37 bits per heavy atom. The molecule has 4 nitrogen and oxygen atoms in total. The lowest BCUT2D eigenvalue weighted by atomic mass is 10.1. The molecule has 1 aromatic carbocycles. The molecular weight excluding hydrogens is 260 g/mol. The van der Waals surface area contributed by atoms with E-state index in [0.717, 1.165) is 24.4 Å². The lowest BCUT2D eigenvalue weighted by molar-refractivity contribution is 0.525. The van der Waals surface area contributed by atoms with Crippen LogP contribution in [0.5, 0.6) is 0 Å². The molecule has 3 N–H and O–H groups in total. The summed E-state index contributed by atoms with van der Waals surface area (Å²) in [4.78, 5) is 0.211. The lowest BCUT2D eigenvalue weighted by Crippen LogP contribution is -2.17. The van der Waals surface area contributed by atoms with Gasteiger partial charge in [0.2, 0.25) is 10.0 Å². The molecule has 0 aliphatic heterocycles. The monoisotopic (exact) mass is 282 g/mol. The summed E-state index contributed by atoms with van der Waals surface area (Å²) < 4.78 is 23.0. The fourth-order valence-corrected chi connectivity index (χ4v) is 3.62. The van der Waals surface area contributed by atoms with Gasteiger partial charge in [-0.15, -0.1) is 0 Å². The van der Waals surface area contributed by atoms with Gasteiger partial charge in [0.05, 0.1) is 4.90 Å². The molecule has 1 aliphatic rings. The number of nitrogens with two attached hydrogens (primary N) is 1. The van der Waals surface area contributed by atoms with Crippen LogP contribution in [-0.2, 0) is 10.0 Å². The van der Waals surface area contributed by atoms with Crippen molar-refractivity contribution in [3.63, 3.8) is 0 Å². The molecule has 0 heterocycles. The SMILES string of the molecule is CCC1CCC(Nc2ccc(C)c(S(N)(=O)=O)c2)C1. The Hall–Kier alpha value is -1.07. The molecule has 2 atom stereocenters. The normalized spacial score (nSPS) is 23.5. The summed E-state index contributed by atoms with van der Waals surface area (Å²) in [6.07, 6.45) is 4.78. The van der Waals surface area contributed by atoms with E-state index in [9.17, 15) is 8.42 Å². The Morgan fingerprint density at radius 2 is 2.11 bits per heavy atom. The Kier molecular flexibility index (Phi) is 4.16. The summed E-state index contributed by atoms with van der Waals surface area (Å²) in [6, 6.07) is 5.81. The molecule has 0 spiro atoms. The average Bonchev–Trinajstić information content (AvgIpc) is 2.78. The van der Waals surface area contributed by atoms with Gasteiger partial charge in [-0.1, -0.05) is 19.4 Å². The van der Waals surface area contributed by atoms with Crippen LogP contribution in [-0.4, -0.2) is 14.5 Å². The van der Waals surface area contributed by atoms with Crippen molar-refractivity contribution >= 4 is 15.7 Å². The van der Waals surface area contributed by atoms with Gasteiger partial charge in [-0.25, -0.2) is 13.6 Å². The second kappa shape index (κ2) is 5.51. The van der Waals surface area contributed by atoms with Gasteiger partial charge in [-0.3, -0.25) is 0 Å². The van der Waals surface area contributed by atoms with Crippen LogP contribution in [0.25, 0.3) is 0 Å². The highest BCUT2D eigenvalue weighted by molar-refractivity contribution is 7.89. The number of benzene rings is 1. The Morgan fingerprint density at radius 3 is 2.68 bits per heavy atom. The number of hydrogen-bond donors (Lipinski definition) is 2. The molecule has 1 aromatic rings. The second-order valence-electron chi connectivity index (χ2n) is 5.45. The standard InChI is InChI=1S/C14H22N2O2S/c1-3-11-5-7-12(8-11)16-13-6-4-10(2)14(9-13)19(15,17)18/h4,6,9,11-12,16H,3,5,7-8H2,1-2H3,(H2,15,17,18). The van der Waals surface area contributed by atoms with Gasteiger partial charge in [-0.05, 0) is 49.8 Å². The second-order valence-corrected chi connectivity index (χ2v) is 6.98. The van der Waals surface area contributed by atoms with Crippen molar-refractivity contribution in [1.29, 1.82) is 0 Å². The van der Waals surface area contributed by atoms with E-state index in [1.54, 1.807) is 19.1 Å². The smallest absolute Gasteiger partial charge is 0.238 e. The lowest BCUT2D eigenvalue weighted by Gasteiger charge is -2.15. The van der Waals surface area contributed by atoms with Crippen LogP contribution < -0.4 is 10.5 Å². The molecule has 0 aromatic heterocycles. The number of nitrogens with one attached hydrogen (secondary N) is 1. The zero-order chi connectivity index (χ0) is 14.0. The topological polar surface area (TPSA) is 72.2 Å². The van der Waals surface area contributed by atoms with E-state index in [-0.39, 0.29) is 4.90 Å². The third-order valence-corrected chi connectivity index (χ3v) is 5.04.